The fraction of sp³-hybridized carbons (Fsp3) is 0.263. The molecule has 24 heavy (non-hydrogen) atoms. The van der Waals surface area contributed by atoms with Crippen LogP contribution in [0, 0.1) is 18.7 Å². The second-order valence-electron chi connectivity index (χ2n) is 6.39. The third-order valence-corrected chi connectivity index (χ3v) is 4.62. The second-order valence-corrected chi connectivity index (χ2v) is 6.39. The van der Waals surface area contributed by atoms with Gasteiger partial charge in [0.2, 0.25) is 5.91 Å². The van der Waals surface area contributed by atoms with Crippen LogP contribution in [-0.4, -0.2) is 15.5 Å². The van der Waals surface area contributed by atoms with Crippen molar-refractivity contribution in [2.75, 3.05) is 5.32 Å². The number of hydrogen-bond acceptors (Lipinski definition) is 2. The predicted molar refractivity (Wildman–Crippen MR) is 92.2 cm³/mol. The van der Waals surface area contributed by atoms with Gasteiger partial charge < -0.3 is 9.88 Å². The Morgan fingerprint density at radius 2 is 2.08 bits per heavy atom. The predicted octanol–water partition coefficient (Wildman–Crippen LogP) is 4.04. The van der Waals surface area contributed by atoms with Gasteiger partial charge in [-0.25, -0.2) is 9.37 Å². The third-order valence-electron chi connectivity index (χ3n) is 4.62. The van der Waals surface area contributed by atoms with Gasteiger partial charge >= 0.3 is 0 Å². The molecule has 0 aliphatic heterocycles. The van der Waals surface area contributed by atoms with E-state index in [-0.39, 0.29) is 17.6 Å². The molecule has 1 aliphatic rings. The number of benzene rings is 1. The van der Waals surface area contributed by atoms with Gasteiger partial charge in [0.1, 0.15) is 5.82 Å². The van der Waals surface area contributed by atoms with E-state index in [2.05, 4.69) is 10.3 Å². The highest BCUT2D eigenvalue weighted by Crippen LogP contribution is 2.34. The summed E-state index contributed by atoms with van der Waals surface area (Å²) in [6.07, 6.45) is 3.46. The molecule has 0 spiro atoms. The van der Waals surface area contributed by atoms with Crippen LogP contribution in [0.25, 0.3) is 22.2 Å². The van der Waals surface area contributed by atoms with Crippen molar-refractivity contribution in [3.8, 4) is 11.3 Å². The molecule has 0 saturated heterocycles. The minimum atomic E-state index is -0.286. The van der Waals surface area contributed by atoms with Gasteiger partial charge in [-0.15, -0.1) is 0 Å². The summed E-state index contributed by atoms with van der Waals surface area (Å²) in [5.41, 5.74) is 3.11. The third kappa shape index (κ3) is 2.37. The van der Waals surface area contributed by atoms with Crippen LogP contribution in [0.1, 0.15) is 18.4 Å². The molecule has 1 N–H and O–H groups in total. The summed E-state index contributed by atoms with van der Waals surface area (Å²) in [4.78, 5) is 16.2. The fourth-order valence-electron chi connectivity index (χ4n) is 3.07. The first-order valence-electron chi connectivity index (χ1n) is 8.07. The number of carbonyl (C=O) groups is 1. The van der Waals surface area contributed by atoms with E-state index < -0.39 is 0 Å². The van der Waals surface area contributed by atoms with Gasteiger partial charge in [-0.3, -0.25) is 4.79 Å². The Hall–Kier alpha value is -2.69. The summed E-state index contributed by atoms with van der Waals surface area (Å²) in [6, 6.07) is 9.33. The van der Waals surface area contributed by atoms with Crippen molar-refractivity contribution in [3.63, 3.8) is 0 Å². The largest absolute Gasteiger partial charge is 0.340 e. The van der Waals surface area contributed by atoms with Crippen LogP contribution in [0.2, 0.25) is 0 Å². The lowest BCUT2D eigenvalue weighted by Gasteiger charge is -2.07. The quantitative estimate of drug-likeness (QED) is 0.791. The number of aromatic nitrogens is 2. The molecule has 2 aromatic heterocycles. The summed E-state index contributed by atoms with van der Waals surface area (Å²) >= 11 is 0. The summed E-state index contributed by atoms with van der Waals surface area (Å²) < 4.78 is 16.9. The van der Waals surface area contributed by atoms with E-state index in [9.17, 15) is 4.79 Å². The number of nitrogens with zero attached hydrogens (tertiary/aromatic N) is 2. The van der Waals surface area contributed by atoms with Crippen molar-refractivity contribution in [2.24, 2.45) is 13.0 Å². The highest BCUT2D eigenvalue weighted by Gasteiger charge is 2.30. The molecule has 5 heteroatoms. The average Bonchev–Trinajstić information content (AvgIpc) is 3.38. The summed E-state index contributed by atoms with van der Waals surface area (Å²) in [7, 11) is 1.83. The first-order valence-corrected chi connectivity index (χ1v) is 8.07. The lowest BCUT2D eigenvalue weighted by Crippen LogP contribution is -2.14. The Labute approximate surface area is 139 Å². The van der Waals surface area contributed by atoms with Crippen LogP contribution in [0.4, 0.5) is 10.2 Å². The maximum absolute atomic E-state index is 15.1. The Bertz CT molecular complexity index is 957. The number of amides is 1. The average molecular weight is 323 g/mol. The summed E-state index contributed by atoms with van der Waals surface area (Å²) in [6.45, 7) is 1.96. The van der Waals surface area contributed by atoms with E-state index in [0.717, 1.165) is 24.0 Å². The lowest BCUT2D eigenvalue weighted by atomic mass is 10.1. The molecule has 4 rings (SSSR count). The maximum Gasteiger partial charge on any atom is 0.228 e. The van der Waals surface area contributed by atoms with E-state index in [1.165, 1.54) is 0 Å². The normalized spacial score (nSPS) is 14.1. The summed E-state index contributed by atoms with van der Waals surface area (Å²) in [5, 5.41) is 3.25. The van der Waals surface area contributed by atoms with Crippen LogP contribution in [0.5, 0.6) is 0 Å². The van der Waals surface area contributed by atoms with Crippen LogP contribution in [-0.2, 0) is 11.8 Å². The van der Waals surface area contributed by atoms with E-state index in [4.69, 9.17) is 0 Å². The van der Waals surface area contributed by atoms with E-state index in [1.54, 1.807) is 12.3 Å². The Morgan fingerprint density at radius 1 is 1.33 bits per heavy atom. The van der Waals surface area contributed by atoms with Crippen molar-refractivity contribution >= 4 is 22.6 Å². The van der Waals surface area contributed by atoms with E-state index in [1.807, 2.05) is 42.8 Å². The number of nitrogens with one attached hydrogen (secondary N) is 1. The molecule has 2 heterocycles. The number of hydrogen-bond donors (Lipinski definition) is 1. The van der Waals surface area contributed by atoms with Gasteiger partial charge in [0.25, 0.3) is 0 Å². The molecule has 1 saturated carbocycles. The smallest absolute Gasteiger partial charge is 0.228 e. The molecule has 0 atom stereocenters. The first kappa shape index (κ1) is 14.9. The minimum absolute atomic E-state index is 0.0303. The van der Waals surface area contributed by atoms with E-state index in [0.29, 0.717) is 22.4 Å². The summed E-state index contributed by atoms with van der Waals surface area (Å²) in [5.74, 6) is 0.175. The van der Waals surface area contributed by atoms with Gasteiger partial charge in [-0.05, 0) is 31.4 Å². The molecular formula is C19H18FN3O. The molecule has 1 amide bonds. The topological polar surface area (TPSA) is 46.9 Å². The van der Waals surface area contributed by atoms with Crippen LogP contribution in [0.15, 0.2) is 36.5 Å². The van der Waals surface area contributed by atoms with Crippen LogP contribution < -0.4 is 5.32 Å². The van der Waals surface area contributed by atoms with Gasteiger partial charge in [-0.2, -0.15) is 0 Å². The zero-order valence-electron chi connectivity index (χ0n) is 13.6. The van der Waals surface area contributed by atoms with Crippen molar-refractivity contribution in [1.82, 2.24) is 9.55 Å². The molecule has 1 fully saturated rings. The Kier molecular flexibility index (Phi) is 3.37. The SMILES string of the molecule is Cc1ccccc1-c1c(F)c2cc(NC(=O)C3CC3)ncc2n1C. The molecule has 0 radical (unpaired) electrons. The zero-order chi connectivity index (χ0) is 16.8. The van der Waals surface area contributed by atoms with Crippen LogP contribution >= 0.6 is 0 Å². The van der Waals surface area contributed by atoms with Gasteiger partial charge in [0.15, 0.2) is 5.82 Å². The number of aryl methyl sites for hydroxylation is 2. The number of fused-ring (bicyclic) bond motifs is 1. The molecular weight excluding hydrogens is 305 g/mol. The number of pyridine rings is 1. The number of anilines is 1. The second kappa shape index (κ2) is 5.44. The number of carbonyl (C=O) groups excluding carboxylic acids is 1. The highest BCUT2D eigenvalue weighted by molar-refractivity contribution is 5.96. The molecule has 3 aromatic rings. The maximum atomic E-state index is 15.1. The van der Waals surface area contributed by atoms with Crippen molar-refractivity contribution in [1.29, 1.82) is 0 Å². The standard InChI is InChI=1S/C19H18FN3O/c1-11-5-3-4-6-13(11)18-17(20)14-9-16(21-10-15(14)23(18)2)22-19(24)12-7-8-12/h3-6,9-10,12H,7-8H2,1-2H3,(H,21,22,24). The van der Waals surface area contributed by atoms with Crippen molar-refractivity contribution in [2.45, 2.75) is 19.8 Å². The van der Waals surface area contributed by atoms with Crippen molar-refractivity contribution in [3.05, 3.63) is 47.9 Å². The molecule has 1 aliphatic carbocycles. The molecule has 0 bridgehead atoms. The Morgan fingerprint density at radius 3 is 2.79 bits per heavy atom. The monoisotopic (exact) mass is 323 g/mol. The van der Waals surface area contributed by atoms with Gasteiger partial charge in [-0.1, -0.05) is 24.3 Å². The molecule has 1 aromatic carbocycles. The lowest BCUT2D eigenvalue weighted by molar-refractivity contribution is -0.117. The van der Waals surface area contributed by atoms with Crippen molar-refractivity contribution < 1.29 is 9.18 Å². The fourth-order valence-corrected chi connectivity index (χ4v) is 3.07. The minimum Gasteiger partial charge on any atom is -0.340 e. The first-order chi connectivity index (χ1) is 11.6. The zero-order valence-corrected chi connectivity index (χ0v) is 13.6. The van der Waals surface area contributed by atoms with E-state index >= 15 is 4.39 Å². The van der Waals surface area contributed by atoms with Gasteiger partial charge in [0, 0.05) is 23.9 Å². The molecule has 0 unspecified atom stereocenters. The Balaban J connectivity index is 1.82. The van der Waals surface area contributed by atoms with Crippen LogP contribution in [0.3, 0.4) is 0 Å². The number of halogens is 1. The molecule has 4 nitrogen and oxygen atoms in total. The number of rotatable bonds is 3. The highest BCUT2D eigenvalue weighted by atomic mass is 19.1. The van der Waals surface area contributed by atoms with Gasteiger partial charge in [0.05, 0.1) is 17.4 Å². The molecule has 122 valence electrons.